The molecule has 0 unspecified atom stereocenters. The number of carbonyl (C=O) groups is 2. The minimum absolute atomic E-state index is 0.132. The summed E-state index contributed by atoms with van der Waals surface area (Å²) in [6.45, 7) is 9.10. The second-order valence-corrected chi connectivity index (χ2v) is 9.04. The summed E-state index contributed by atoms with van der Waals surface area (Å²) in [7, 11) is 5.30. The molecule has 1 saturated heterocycles. The van der Waals surface area contributed by atoms with E-state index in [4.69, 9.17) is 14.2 Å². The van der Waals surface area contributed by atoms with Gasteiger partial charge in [0.05, 0.1) is 19.6 Å². The molecule has 1 rings (SSSR count). The van der Waals surface area contributed by atoms with E-state index in [1.165, 1.54) is 0 Å². The fraction of sp³-hybridized carbons (Fsp3) is 0.889. The number of morpholine rings is 1. The molecule has 1 aliphatic rings. The Labute approximate surface area is 171 Å². The highest BCUT2D eigenvalue weighted by atomic mass is 33.1. The Hall–Kier alpha value is -0.480. The van der Waals surface area contributed by atoms with E-state index in [9.17, 15) is 9.59 Å². The first kappa shape index (κ1) is 24.6. The zero-order valence-electron chi connectivity index (χ0n) is 16.7. The van der Waals surface area contributed by atoms with E-state index in [1.807, 2.05) is 14.0 Å². The molecule has 0 bridgehead atoms. The molecule has 0 amide bonds. The van der Waals surface area contributed by atoms with Crippen LogP contribution in [0.25, 0.3) is 0 Å². The summed E-state index contributed by atoms with van der Waals surface area (Å²) in [5.74, 6) is 1.22. The van der Waals surface area contributed by atoms with Crippen molar-refractivity contribution >= 4 is 33.5 Å². The lowest BCUT2D eigenvalue weighted by Crippen LogP contribution is -2.41. The van der Waals surface area contributed by atoms with Gasteiger partial charge in [0, 0.05) is 50.7 Å². The normalized spacial score (nSPS) is 15.1. The van der Waals surface area contributed by atoms with Gasteiger partial charge < -0.3 is 19.1 Å². The van der Waals surface area contributed by atoms with E-state index >= 15 is 0 Å². The largest absolute Gasteiger partial charge is 0.465 e. The van der Waals surface area contributed by atoms with Gasteiger partial charge in [0.2, 0.25) is 0 Å². The highest BCUT2D eigenvalue weighted by Crippen LogP contribution is 2.20. The van der Waals surface area contributed by atoms with Crippen LogP contribution in [-0.2, 0) is 23.8 Å². The quantitative estimate of drug-likeness (QED) is 0.224. The number of hydrogen-bond donors (Lipinski definition) is 0. The highest BCUT2D eigenvalue weighted by Gasteiger charge is 2.11. The van der Waals surface area contributed by atoms with Crippen LogP contribution in [0.5, 0.6) is 0 Å². The van der Waals surface area contributed by atoms with E-state index in [0.29, 0.717) is 32.6 Å². The van der Waals surface area contributed by atoms with E-state index in [-0.39, 0.29) is 11.9 Å². The van der Waals surface area contributed by atoms with E-state index in [0.717, 1.165) is 57.3 Å². The molecule has 0 aliphatic carbocycles. The average molecular weight is 423 g/mol. The molecule has 0 aromatic heterocycles. The summed E-state index contributed by atoms with van der Waals surface area (Å²) in [6.07, 6.45) is 1.72. The lowest BCUT2D eigenvalue weighted by molar-refractivity contribution is -0.144. The molecule has 27 heavy (non-hydrogen) atoms. The Kier molecular flexibility index (Phi) is 15.0. The first-order valence-corrected chi connectivity index (χ1v) is 12.1. The van der Waals surface area contributed by atoms with Gasteiger partial charge in [-0.25, -0.2) is 0 Å². The molecular formula is C18H34N2O5S2. The van der Waals surface area contributed by atoms with Crippen LogP contribution in [0.3, 0.4) is 0 Å². The number of ether oxygens (including phenoxy) is 3. The zero-order chi connectivity index (χ0) is 19.7. The summed E-state index contributed by atoms with van der Waals surface area (Å²) in [5.41, 5.74) is 0. The lowest BCUT2D eigenvalue weighted by Gasteiger charge is -2.28. The summed E-state index contributed by atoms with van der Waals surface area (Å²) >= 11 is 0. The van der Waals surface area contributed by atoms with Crippen LogP contribution in [0, 0.1) is 0 Å². The number of hydrogen-bond acceptors (Lipinski definition) is 9. The molecule has 1 aliphatic heterocycles. The van der Waals surface area contributed by atoms with Crippen molar-refractivity contribution in [2.24, 2.45) is 0 Å². The van der Waals surface area contributed by atoms with Gasteiger partial charge in [-0.3, -0.25) is 14.5 Å². The number of rotatable bonds is 15. The second kappa shape index (κ2) is 16.5. The Balaban J connectivity index is 1.88. The number of esters is 2. The SMILES string of the molecule is CCCC(=O)OCCSSCCOC(=O)CCN(C)CCN1CCOCC1. The van der Waals surface area contributed by atoms with Gasteiger partial charge in [0.25, 0.3) is 0 Å². The summed E-state index contributed by atoms with van der Waals surface area (Å²) in [4.78, 5) is 27.5. The topological polar surface area (TPSA) is 68.3 Å². The van der Waals surface area contributed by atoms with Crippen LogP contribution in [0.2, 0.25) is 0 Å². The van der Waals surface area contributed by atoms with Crippen molar-refractivity contribution in [3.63, 3.8) is 0 Å². The fourth-order valence-electron chi connectivity index (χ4n) is 2.38. The van der Waals surface area contributed by atoms with Crippen molar-refractivity contribution < 1.29 is 23.8 Å². The smallest absolute Gasteiger partial charge is 0.307 e. The van der Waals surface area contributed by atoms with Gasteiger partial charge in [-0.05, 0) is 13.5 Å². The van der Waals surface area contributed by atoms with Crippen LogP contribution in [0.4, 0.5) is 0 Å². The molecule has 0 aromatic carbocycles. The third-order valence-corrected chi connectivity index (χ3v) is 6.33. The number of nitrogens with zero attached hydrogens (tertiary/aromatic N) is 2. The molecule has 7 nitrogen and oxygen atoms in total. The van der Waals surface area contributed by atoms with Gasteiger partial charge in [-0.2, -0.15) is 0 Å². The van der Waals surface area contributed by atoms with E-state index in [1.54, 1.807) is 21.6 Å². The van der Waals surface area contributed by atoms with Crippen LogP contribution in [-0.4, -0.2) is 99.4 Å². The van der Waals surface area contributed by atoms with Gasteiger partial charge in [-0.15, -0.1) is 0 Å². The molecular weight excluding hydrogens is 388 g/mol. The molecule has 9 heteroatoms. The molecule has 0 radical (unpaired) electrons. The maximum absolute atomic E-state index is 11.8. The van der Waals surface area contributed by atoms with E-state index in [2.05, 4.69) is 9.80 Å². The van der Waals surface area contributed by atoms with Crippen molar-refractivity contribution in [2.45, 2.75) is 26.2 Å². The van der Waals surface area contributed by atoms with Crippen molar-refractivity contribution in [1.82, 2.24) is 9.80 Å². The van der Waals surface area contributed by atoms with Crippen LogP contribution in [0.15, 0.2) is 0 Å². The minimum Gasteiger partial charge on any atom is -0.465 e. The zero-order valence-corrected chi connectivity index (χ0v) is 18.3. The minimum atomic E-state index is -0.146. The van der Waals surface area contributed by atoms with Crippen molar-refractivity contribution in [3.05, 3.63) is 0 Å². The lowest BCUT2D eigenvalue weighted by atomic mass is 10.3. The maximum atomic E-state index is 11.8. The van der Waals surface area contributed by atoms with Gasteiger partial charge in [-0.1, -0.05) is 28.5 Å². The predicted octanol–water partition coefficient (Wildman–Crippen LogP) is 1.91. The molecule has 0 aromatic rings. The number of likely N-dealkylation sites (N-methyl/N-ethyl adjacent to an activating group) is 1. The summed E-state index contributed by atoms with van der Waals surface area (Å²) in [6, 6.07) is 0. The number of carbonyl (C=O) groups excluding carboxylic acids is 2. The maximum Gasteiger partial charge on any atom is 0.307 e. The van der Waals surface area contributed by atoms with Crippen LogP contribution >= 0.6 is 21.6 Å². The molecule has 0 saturated carbocycles. The Bertz CT molecular complexity index is 409. The molecule has 1 fully saturated rings. The Morgan fingerprint density at radius 3 is 2.19 bits per heavy atom. The molecule has 158 valence electrons. The molecule has 0 atom stereocenters. The second-order valence-electron chi connectivity index (χ2n) is 6.34. The average Bonchev–Trinajstić information content (AvgIpc) is 2.67. The van der Waals surface area contributed by atoms with Gasteiger partial charge >= 0.3 is 11.9 Å². The van der Waals surface area contributed by atoms with Crippen LogP contribution in [0.1, 0.15) is 26.2 Å². The summed E-state index contributed by atoms with van der Waals surface area (Å²) in [5, 5.41) is 0. The predicted molar refractivity (Wildman–Crippen MR) is 111 cm³/mol. The molecule has 0 spiro atoms. The van der Waals surface area contributed by atoms with Crippen molar-refractivity contribution in [1.29, 1.82) is 0 Å². The van der Waals surface area contributed by atoms with Gasteiger partial charge in [0.15, 0.2) is 0 Å². The Morgan fingerprint density at radius 1 is 1.00 bits per heavy atom. The highest BCUT2D eigenvalue weighted by molar-refractivity contribution is 8.76. The van der Waals surface area contributed by atoms with Crippen molar-refractivity contribution in [2.75, 3.05) is 77.7 Å². The third-order valence-electron chi connectivity index (χ3n) is 4.00. The van der Waals surface area contributed by atoms with Crippen LogP contribution < -0.4 is 0 Å². The summed E-state index contributed by atoms with van der Waals surface area (Å²) < 4.78 is 15.7. The molecule has 0 N–H and O–H groups in total. The Morgan fingerprint density at radius 2 is 1.59 bits per heavy atom. The first-order chi connectivity index (χ1) is 13.1. The first-order valence-electron chi connectivity index (χ1n) is 9.66. The standard InChI is InChI=1S/C18H34N2O5S2/c1-3-4-17(21)24-13-15-26-27-16-14-25-18(22)5-6-19(2)7-8-20-9-11-23-12-10-20/h3-16H2,1-2H3. The third kappa shape index (κ3) is 14.2. The van der Waals surface area contributed by atoms with Gasteiger partial charge in [0.1, 0.15) is 13.2 Å². The molecule has 1 heterocycles. The monoisotopic (exact) mass is 422 g/mol. The van der Waals surface area contributed by atoms with Crippen molar-refractivity contribution in [3.8, 4) is 0 Å². The van der Waals surface area contributed by atoms with E-state index < -0.39 is 0 Å². The fourth-order valence-corrected chi connectivity index (χ4v) is 4.03.